The summed E-state index contributed by atoms with van der Waals surface area (Å²) < 4.78 is 0. The van der Waals surface area contributed by atoms with Gasteiger partial charge in [0.2, 0.25) is 0 Å². The maximum atomic E-state index is 13.8. The van der Waals surface area contributed by atoms with Gasteiger partial charge >= 0.3 is 21.7 Å². The standard InChI is InChI=1S/2C18H15OSi.2C7H15NO2.Ti/c2*19-20(16-10-4-1-5-11-16,17-12-6-2-7-13-17)18-14-8-3-9-15-18;2*1-5(2)8(6(3)4)7(9)10;/h2*1-15H;2*5-6H,1-4H3,(H,9,10);/q2*-1;;;+4/p-2. The van der Waals surface area contributed by atoms with Crippen LogP contribution in [0.3, 0.4) is 0 Å². The van der Waals surface area contributed by atoms with E-state index >= 15 is 0 Å². The van der Waals surface area contributed by atoms with E-state index in [-0.39, 0.29) is 45.9 Å². The average molecular weight is 887 g/mol. The minimum absolute atomic E-state index is 0. The van der Waals surface area contributed by atoms with Gasteiger partial charge in [-0.25, -0.2) is 0 Å². The van der Waals surface area contributed by atoms with Gasteiger partial charge in [-0.05, 0) is 55.4 Å². The molecule has 0 unspecified atom stereocenters. The van der Waals surface area contributed by atoms with E-state index in [0.717, 1.165) is 31.1 Å². The molecular formula is C50H58N2O6Si2Ti. The Bertz CT molecular complexity index is 1750. The maximum Gasteiger partial charge on any atom is 4.00 e. The first-order chi connectivity index (χ1) is 28.6. The molecule has 0 aliphatic carbocycles. The minimum Gasteiger partial charge on any atom is -0.848 e. The van der Waals surface area contributed by atoms with Crippen molar-refractivity contribution in [2.45, 2.75) is 79.6 Å². The number of hydrogen-bond acceptors (Lipinski definition) is 6. The predicted molar refractivity (Wildman–Crippen MR) is 243 cm³/mol. The van der Waals surface area contributed by atoms with Gasteiger partial charge in [0.05, 0.1) is 16.6 Å². The third-order valence-corrected chi connectivity index (χ3v) is 16.6. The fourth-order valence-corrected chi connectivity index (χ4v) is 13.0. The minimum atomic E-state index is -3.13. The number of hydrogen-bond donors (Lipinski definition) is 0. The molecule has 6 rings (SSSR count). The van der Waals surface area contributed by atoms with Gasteiger partial charge in [0.1, 0.15) is 12.2 Å². The third-order valence-electron chi connectivity index (χ3n) is 9.73. The number of benzene rings is 6. The van der Waals surface area contributed by atoms with Crippen LogP contribution in [0.5, 0.6) is 0 Å². The maximum absolute atomic E-state index is 13.8. The Labute approximate surface area is 380 Å². The molecule has 0 aliphatic rings. The molecule has 0 N–H and O–H groups in total. The number of carbonyl (C=O) groups excluding carboxylic acids is 2. The van der Waals surface area contributed by atoms with E-state index in [9.17, 15) is 29.4 Å². The Kier molecular flexibility index (Phi) is 21.9. The molecule has 8 nitrogen and oxygen atoms in total. The summed E-state index contributed by atoms with van der Waals surface area (Å²) in [6, 6.07) is 58.6. The Morgan fingerprint density at radius 3 is 0.557 bits per heavy atom. The quantitative estimate of drug-likeness (QED) is 0.154. The van der Waals surface area contributed by atoms with Crippen molar-refractivity contribution in [1.82, 2.24) is 9.80 Å². The number of amides is 2. The van der Waals surface area contributed by atoms with E-state index in [0.29, 0.717) is 0 Å². The zero-order valence-electron chi connectivity index (χ0n) is 36.5. The molecule has 0 bridgehead atoms. The number of carboxylic acid groups (broad SMARTS) is 2. The van der Waals surface area contributed by atoms with Gasteiger partial charge < -0.3 is 39.2 Å². The normalized spacial score (nSPS) is 10.9. The van der Waals surface area contributed by atoms with Crippen LogP contribution in [0.4, 0.5) is 9.59 Å². The molecule has 6 aromatic rings. The number of rotatable bonds is 10. The molecule has 0 atom stereocenters. The van der Waals surface area contributed by atoms with E-state index in [4.69, 9.17) is 0 Å². The van der Waals surface area contributed by atoms with Crippen molar-refractivity contribution in [2.24, 2.45) is 0 Å². The van der Waals surface area contributed by atoms with E-state index in [1.165, 1.54) is 9.80 Å². The molecule has 0 heterocycles. The van der Waals surface area contributed by atoms with E-state index in [2.05, 4.69) is 0 Å². The molecule has 2 amide bonds. The Balaban J connectivity index is 0.000000295. The van der Waals surface area contributed by atoms with Crippen LogP contribution < -0.4 is 50.9 Å². The first-order valence-electron chi connectivity index (χ1n) is 20.3. The molecule has 0 fully saturated rings. The largest absolute Gasteiger partial charge is 4.00 e. The summed E-state index contributed by atoms with van der Waals surface area (Å²) in [6.45, 7) is 14.6. The van der Waals surface area contributed by atoms with Crippen molar-refractivity contribution < 1.29 is 51.1 Å². The predicted octanol–water partition coefficient (Wildman–Crippen LogP) is 2.92. The van der Waals surface area contributed by atoms with Gasteiger partial charge in [-0.15, -0.1) is 0 Å². The first-order valence-corrected chi connectivity index (χ1v) is 24.1. The monoisotopic (exact) mass is 886 g/mol. The number of carbonyl (C=O) groups is 2. The Morgan fingerprint density at radius 1 is 0.344 bits per heavy atom. The van der Waals surface area contributed by atoms with Crippen molar-refractivity contribution in [1.29, 1.82) is 0 Å². The number of nitrogens with zero attached hydrogens (tertiary/aromatic N) is 2. The molecule has 0 aliphatic heterocycles. The second-order valence-electron chi connectivity index (χ2n) is 15.3. The van der Waals surface area contributed by atoms with Crippen molar-refractivity contribution in [3.05, 3.63) is 182 Å². The van der Waals surface area contributed by atoms with Crippen molar-refractivity contribution in [3.8, 4) is 0 Å². The summed E-state index contributed by atoms with van der Waals surface area (Å²) in [5.74, 6) is 0. The molecule has 0 radical (unpaired) electrons. The summed E-state index contributed by atoms with van der Waals surface area (Å²) in [6.07, 6.45) is -2.19. The van der Waals surface area contributed by atoms with Crippen molar-refractivity contribution >= 4 is 59.9 Å². The van der Waals surface area contributed by atoms with Crippen LogP contribution in [0.2, 0.25) is 0 Å². The van der Waals surface area contributed by atoms with E-state index in [1.807, 2.05) is 237 Å². The van der Waals surface area contributed by atoms with Crippen LogP contribution in [0.25, 0.3) is 0 Å². The van der Waals surface area contributed by atoms with Crippen LogP contribution in [0.15, 0.2) is 182 Å². The molecule has 316 valence electrons. The summed E-state index contributed by atoms with van der Waals surface area (Å²) in [5, 5.41) is 26.2. The Hall–Kier alpha value is -5.07. The SMILES string of the molecule is CC(C)N(C(=O)[O-])C(C)C.CC(C)N(C(=O)[O-])C(C)C.[O-][Si](c1ccccc1)(c1ccccc1)c1ccccc1.[O-][Si](c1ccccc1)(c1ccccc1)c1ccccc1.[Ti+4]. The fourth-order valence-electron chi connectivity index (χ4n) is 7.07. The van der Waals surface area contributed by atoms with E-state index in [1.54, 1.807) is 0 Å². The van der Waals surface area contributed by atoms with Crippen molar-refractivity contribution in [3.63, 3.8) is 0 Å². The van der Waals surface area contributed by atoms with Gasteiger partial charge in [0.15, 0.2) is 0 Å². The molecule has 0 saturated heterocycles. The molecule has 0 saturated carbocycles. The van der Waals surface area contributed by atoms with Gasteiger partial charge in [0.25, 0.3) is 0 Å². The van der Waals surface area contributed by atoms with E-state index < -0.39 is 28.8 Å². The summed E-state index contributed by atoms with van der Waals surface area (Å²) >= 11 is 0. The molecular weight excluding hydrogens is 829 g/mol. The zero-order chi connectivity index (χ0) is 44.3. The average Bonchev–Trinajstić information content (AvgIpc) is 3.25. The fraction of sp³-hybridized carbons (Fsp3) is 0.240. The van der Waals surface area contributed by atoms with Crippen LogP contribution >= 0.6 is 0 Å². The van der Waals surface area contributed by atoms with Gasteiger partial charge in [-0.3, -0.25) is 0 Å². The summed E-state index contributed by atoms with van der Waals surface area (Å²) in [5.41, 5.74) is 0. The zero-order valence-corrected chi connectivity index (χ0v) is 40.0. The second-order valence-corrected chi connectivity index (χ2v) is 21.5. The Morgan fingerprint density at radius 2 is 0.475 bits per heavy atom. The summed E-state index contributed by atoms with van der Waals surface area (Å²) in [4.78, 5) is 51.1. The molecule has 0 aromatic heterocycles. The first kappa shape index (κ1) is 52.1. The molecule has 6 aromatic carbocycles. The molecule has 11 heteroatoms. The third kappa shape index (κ3) is 14.5. The topological polar surface area (TPSA) is 133 Å². The van der Waals surface area contributed by atoms with Gasteiger partial charge in [0, 0.05) is 24.2 Å². The van der Waals surface area contributed by atoms with Crippen LogP contribution in [0.1, 0.15) is 55.4 Å². The smallest absolute Gasteiger partial charge is 0.848 e. The van der Waals surface area contributed by atoms with Crippen LogP contribution in [-0.4, -0.2) is 62.8 Å². The summed E-state index contributed by atoms with van der Waals surface area (Å²) in [7, 11) is -6.26. The van der Waals surface area contributed by atoms with Crippen molar-refractivity contribution in [2.75, 3.05) is 0 Å². The van der Waals surface area contributed by atoms with Crippen LogP contribution in [0, 0.1) is 0 Å². The second kappa shape index (κ2) is 25.6. The molecule has 61 heavy (non-hydrogen) atoms. The molecule has 0 spiro atoms. The van der Waals surface area contributed by atoms with Crippen LogP contribution in [-0.2, 0) is 21.7 Å². The van der Waals surface area contributed by atoms with Gasteiger partial charge in [-0.1, -0.05) is 213 Å². The van der Waals surface area contributed by atoms with Gasteiger partial charge in [-0.2, -0.15) is 0 Å².